The summed E-state index contributed by atoms with van der Waals surface area (Å²) in [5.74, 6) is 0.767. The van der Waals surface area contributed by atoms with Crippen molar-refractivity contribution >= 4 is 11.6 Å². The lowest BCUT2D eigenvalue weighted by molar-refractivity contribution is -0.137. The maximum Gasteiger partial charge on any atom is 0.226 e. The molecule has 0 aromatic heterocycles. The van der Waals surface area contributed by atoms with Crippen LogP contribution in [0.1, 0.15) is 39.2 Å². The quantitative estimate of drug-likeness (QED) is 0.827. The molecule has 1 atom stereocenters. The third-order valence-corrected chi connectivity index (χ3v) is 3.99. The van der Waals surface area contributed by atoms with Crippen molar-refractivity contribution in [3.8, 4) is 0 Å². The van der Waals surface area contributed by atoms with E-state index in [2.05, 4.69) is 18.7 Å². The number of rotatable bonds is 5. The van der Waals surface area contributed by atoms with Crippen LogP contribution >= 0.6 is 0 Å². The van der Waals surface area contributed by atoms with E-state index in [1.54, 1.807) is 0 Å². The van der Waals surface area contributed by atoms with Crippen molar-refractivity contribution < 1.29 is 4.79 Å². The van der Waals surface area contributed by atoms with Crippen LogP contribution in [0.15, 0.2) is 24.3 Å². The lowest BCUT2D eigenvalue weighted by Crippen LogP contribution is -2.38. The largest absolute Gasteiger partial charge is 0.399 e. The highest BCUT2D eigenvalue weighted by Gasteiger charge is 2.35. The number of nitrogens with two attached hydrogens (primary N) is 1. The Balaban J connectivity index is 2.08. The second-order valence-electron chi connectivity index (χ2n) is 5.97. The van der Waals surface area contributed by atoms with E-state index in [1.165, 1.54) is 0 Å². The average Bonchev–Trinajstić information content (AvgIpc) is 3.20. The van der Waals surface area contributed by atoms with Crippen molar-refractivity contribution in [2.24, 2.45) is 11.8 Å². The molecular weight excluding hydrogens is 236 g/mol. The molecule has 2 N–H and O–H groups in total. The molecule has 3 nitrogen and oxygen atoms in total. The number of anilines is 1. The van der Waals surface area contributed by atoms with E-state index in [0.29, 0.717) is 18.5 Å². The molecule has 2 rings (SSSR count). The number of hydrogen-bond acceptors (Lipinski definition) is 2. The van der Waals surface area contributed by atoms with Crippen LogP contribution in [0.25, 0.3) is 0 Å². The normalized spacial score (nSPS) is 16.4. The van der Waals surface area contributed by atoms with Crippen LogP contribution in [0.3, 0.4) is 0 Å². The number of amides is 1. The molecular formula is C16H24N2O. The molecule has 1 unspecified atom stereocenters. The van der Waals surface area contributed by atoms with Gasteiger partial charge in [0.05, 0.1) is 0 Å². The molecule has 0 bridgehead atoms. The summed E-state index contributed by atoms with van der Waals surface area (Å²) in [6.45, 7) is 6.96. The monoisotopic (exact) mass is 260 g/mol. The first-order valence-corrected chi connectivity index (χ1v) is 7.14. The Morgan fingerprint density at radius 2 is 1.84 bits per heavy atom. The number of carbonyl (C=O) groups is 1. The zero-order valence-electron chi connectivity index (χ0n) is 12.1. The molecule has 0 aliphatic heterocycles. The fourth-order valence-corrected chi connectivity index (χ4v) is 2.14. The fourth-order valence-electron chi connectivity index (χ4n) is 2.14. The Kier molecular flexibility index (Phi) is 4.13. The zero-order chi connectivity index (χ0) is 14.0. The molecule has 0 radical (unpaired) electrons. The third kappa shape index (κ3) is 3.49. The van der Waals surface area contributed by atoms with Gasteiger partial charge in [-0.25, -0.2) is 0 Å². The van der Waals surface area contributed by atoms with Gasteiger partial charge in [0.1, 0.15) is 0 Å². The van der Waals surface area contributed by atoms with Crippen molar-refractivity contribution in [2.45, 2.75) is 46.2 Å². The minimum Gasteiger partial charge on any atom is -0.399 e. The smallest absolute Gasteiger partial charge is 0.226 e. The highest BCUT2D eigenvalue weighted by atomic mass is 16.2. The second kappa shape index (κ2) is 5.64. The van der Waals surface area contributed by atoms with Crippen LogP contribution in [0, 0.1) is 11.8 Å². The maximum atomic E-state index is 12.5. The van der Waals surface area contributed by atoms with Crippen molar-refractivity contribution in [2.75, 3.05) is 5.73 Å². The van der Waals surface area contributed by atoms with Gasteiger partial charge in [0, 0.05) is 24.2 Å². The minimum absolute atomic E-state index is 0.0920. The van der Waals surface area contributed by atoms with Gasteiger partial charge in [0.25, 0.3) is 0 Å². The molecule has 104 valence electrons. The topological polar surface area (TPSA) is 46.3 Å². The Bertz CT molecular complexity index is 435. The van der Waals surface area contributed by atoms with E-state index < -0.39 is 0 Å². The number of hydrogen-bond donors (Lipinski definition) is 1. The predicted molar refractivity (Wildman–Crippen MR) is 78.4 cm³/mol. The summed E-state index contributed by atoms with van der Waals surface area (Å²) in [6.07, 6.45) is 2.29. The summed E-state index contributed by atoms with van der Waals surface area (Å²) in [7, 11) is 0. The van der Waals surface area contributed by atoms with Crippen molar-refractivity contribution in [1.29, 1.82) is 0 Å². The van der Waals surface area contributed by atoms with E-state index >= 15 is 0 Å². The first kappa shape index (κ1) is 13.9. The van der Waals surface area contributed by atoms with Crippen molar-refractivity contribution in [3.05, 3.63) is 29.8 Å². The van der Waals surface area contributed by atoms with Crippen molar-refractivity contribution in [1.82, 2.24) is 4.90 Å². The van der Waals surface area contributed by atoms with Gasteiger partial charge in [-0.3, -0.25) is 4.79 Å². The molecule has 1 aliphatic rings. The lowest BCUT2D eigenvalue weighted by Gasteiger charge is -2.27. The van der Waals surface area contributed by atoms with Crippen LogP contribution < -0.4 is 5.73 Å². The first-order valence-electron chi connectivity index (χ1n) is 7.14. The molecule has 1 saturated carbocycles. The Morgan fingerprint density at radius 3 is 2.32 bits per heavy atom. The average molecular weight is 260 g/mol. The van der Waals surface area contributed by atoms with Gasteiger partial charge in [-0.1, -0.05) is 32.9 Å². The fraction of sp³-hybridized carbons (Fsp3) is 0.562. The van der Waals surface area contributed by atoms with E-state index in [1.807, 2.05) is 31.2 Å². The number of nitrogen functional groups attached to an aromatic ring is 1. The summed E-state index contributed by atoms with van der Waals surface area (Å²) in [5, 5.41) is 0. The van der Waals surface area contributed by atoms with Crippen LogP contribution in [0.4, 0.5) is 5.69 Å². The van der Waals surface area contributed by atoms with Gasteiger partial charge < -0.3 is 10.6 Å². The van der Waals surface area contributed by atoms with E-state index in [9.17, 15) is 4.79 Å². The number of benzene rings is 1. The van der Waals surface area contributed by atoms with Crippen LogP contribution in [-0.4, -0.2) is 16.8 Å². The molecule has 1 fully saturated rings. The van der Waals surface area contributed by atoms with Gasteiger partial charge in [-0.05, 0) is 36.5 Å². The number of nitrogens with zero attached hydrogens (tertiary/aromatic N) is 1. The van der Waals surface area contributed by atoms with E-state index in [0.717, 1.165) is 24.1 Å². The molecule has 0 heterocycles. The Hall–Kier alpha value is -1.51. The predicted octanol–water partition coefficient (Wildman–Crippen LogP) is 3.05. The Labute approximate surface area is 115 Å². The molecule has 1 amide bonds. The molecule has 0 saturated heterocycles. The minimum atomic E-state index is 0.0920. The van der Waals surface area contributed by atoms with Gasteiger partial charge in [-0.15, -0.1) is 0 Å². The second-order valence-corrected chi connectivity index (χ2v) is 5.97. The molecule has 1 aromatic carbocycles. The standard InChI is InChI=1S/C16H24N2O/c1-11(2)12(3)16(19)18(15-8-9-15)10-13-4-6-14(17)7-5-13/h4-7,11-12,15H,8-10,17H2,1-3H3. The number of carbonyl (C=O) groups excluding carboxylic acids is 1. The first-order chi connectivity index (χ1) is 8.99. The summed E-state index contributed by atoms with van der Waals surface area (Å²) in [4.78, 5) is 14.6. The summed E-state index contributed by atoms with van der Waals surface area (Å²) < 4.78 is 0. The molecule has 0 spiro atoms. The van der Waals surface area contributed by atoms with Gasteiger partial charge in [-0.2, -0.15) is 0 Å². The molecule has 19 heavy (non-hydrogen) atoms. The summed E-state index contributed by atoms with van der Waals surface area (Å²) in [6, 6.07) is 8.27. The van der Waals surface area contributed by atoms with E-state index in [4.69, 9.17) is 5.73 Å². The highest BCUT2D eigenvalue weighted by Crippen LogP contribution is 2.31. The lowest BCUT2D eigenvalue weighted by atomic mass is 9.96. The van der Waals surface area contributed by atoms with Gasteiger partial charge >= 0.3 is 0 Å². The van der Waals surface area contributed by atoms with Crippen molar-refractivity contribution in [3.63, 3.8) is 0 Å². The molecule has 3 heteroatoms. The highest BCUT2D eigenvalue weighted by molar-refractivity contribution is 5.79. The van der Waals surface area contributed by atoms with Crippen LogP contribution in [0.5, 0.6) is 0 Å². The molecule has 1 aliphatic carbocycles. The van der Waals surface area contributed by atoms with Crippen LogP contribution in [0.2, 0.25) is 0 Å². The molecule has 1 aromatic rings. The van der Waals surface area contributed by atoms with Crippen LogP contribution in [-0.2, 0) is 11.3 Å². The summed E-state index contributed by atoms with van der Waals surface area (Å²) >= 11 is 0. The zero-order valence-corrected chi connectivity index (χ0v) is 12.1. The van der Waals surface area contributed by atoms with E-state index in [-0.39, 0.29) is 11.8 Å². The third-order valence-electron chi connectivity index (χ3n) is 3.99. The SMILES string of the molecule is CC(C)C(C)C(=O)N(Cc1ccc(N)cc1)C1CC1. The van der Waals surface area contributed by atoms with Gasteiger partial charge in [0.2, 0.25) is 5.91 Å². The Morgan fingerprint density at radius 1 is 1.26 bits per heavy atom. The maximum absolute atomic E-state index is 12.5. The summed E-state index contributed by atoms with van der Waals surface area (Å²) in [5.41, 5.74) is 7.62. The van der Waals surface area contributed by atoms with Gasteiger partial charge in [0.15, 0.2) is 0 Å².